The van der Waals surface area contributed by atoms with Crippen LogP contribution in [-0.4, -0.2) is 0 Å². The van der Waals surface area contributed by atoms with E-state index in [1.807, 2.05) is 0 Å². The highest BCUT2D eigenvalue weighted by Gasteiger charge is 2.26. The highest BCUT2D eigenvalue weighted by molar-refractivity contribution is 14.1. The number of hydrogen-bond donors (Lipinski definition) is 1. The van der Waals surface area contributed by atoms with Gasteiger partial charge in [-0.15, -0.1) is 0 Å². The molecule has 1 fully saturated rings. The zero-order valence-corrected chi connectivity index (χ0v) is 7.10. The molecule has 0 bridgehead atoms. The van der Waals surface area contributed by atoms with Crippen LogP contribution in [0.1, 0.15) is 19.8 Å². The van der Waals surface area contributed by atoms with Crippen molar-refractivity contribution in [2.24, 2.45) is 5.92 Å². The van der Waals surface area contributed by atoms with E-state index in [0.717, 1.165) is 5.92 Å². The molecule has 0 radical (unpaired) electrons. The van der Waals surface area contributed by atoms with Crippen molar-refractivity contribution in [3.63, 3.8) is 0 Å². The molecule has 0 saturated heterocycles. The summed E-state index contributed by atoms with van der Waals surface area (Å²) in [6, 6.07) is 0. The van der Waals surface area contributed by atoms with Crippen LogP contribution < -0.4 is 3.53 Å². The lowest BCUT2D eigenvalue weighted by Gasteiger charge is -1.80. The maximum atomic E-state index is 3.00. The third-order valence-electron chi connectivity index (χ3n) is 1.58. The second-order valence-corrected chi connectivity index (χ2v) is 2.76. The smallest absolute Gasteiger partial charge is 0.0555 e. The summed E-state index contributed by atoms with van der Waals surface area (Å²) in [5.74, 6) is 0.914. The predicted octanol–water partition coefficient (Wildman–Crippen LogP) is 2.24. The minimum absolute atomic E-state index is 0.914. The highest BCUT2D eigenvalue weighted by atomic mass is 127. The molecule has 0 aliphatic heterocycles. The molecule has 1 aliphatic rings. The first-order chi connectivity index (χ1) is 3.88. The van der Waals surface area contributed by atoms with Crippen molar-refractivity contribution >= 4 is 22.9 Å². The van der Waals surface area contributed by atoms with Gasteiger partial charge in [-0.3, -0.25) is 0 Å². The van der Waals surface area contributed by atoms with Gasteiger partial charge in [-0.25, -0.2) is 0 Å². The largest absolute Gasteiger partial charge is 0.335 e. The Balaban J connectivity index is 2.25. The summed E-state index contributed by atoms with van der Waals surface area (Å²) in [4.78, 5) is 0. The van der Waals surface area contributed by atoms with Gasteiger partial charge in [0.15, 0.2) is 0 Å². The van der Waals surface area contributed by atoms with Crippen LogP contribution in [0.4, 0.5) is 0 Å². The number of halogens is 1. The zero-order valence-electron chi connectivity index (χ0n) is 4.95. The Labute approximate surface area is 64.0 Å². The van der Waals surface area contributed by atoms with Crippen molar-refractivity contribution in [3.05, 3.63) is 11.8 Å². The first kappa shape index (κ1) is 6.39. The van der Waals surface area contributed by atoms with Crippen molar-refractivity contribution in [2.75, 3.05) is 0 Å². The quantitative estimate of drug-likeness (QED) is 0.559. The monoisotopic (exact) mass is 223 g/mol. The average molecular weight is 223 g/mol. The normalized spacial score (nSPS) is 30.8. The Bertz CT molecular complexity index is 109. The van der Waals surface area contributed by atoms with E-state index < -0.39 is 0 Å². The Morgan fingerprint density at radius 2 is 2.75 bits per heavy atom. The second kappa shape index (κ2) is 2.71. The topological polar surface area (TPSA) is 12.0 Å². The SMILES string of the molecule is CC[C@@H]1C/C1=C/NI. The lowest BCUT2D eigenvalue weighted by atomic mass is 10.3. The van der Waals surface area contributed by atoms with Crippen molar-refractivity contribution in [3.8, 4) is 0 Å². The molecule has 0 spiro atoms. The van der Waals surface area contributed by atoms with Crippen LogP contribution in [0.2, 0.25) is 0 Å². The molecule has 0 aromatic carbocycles. The number of rotatable bonds is 2. The average Bonchev–Trinajstić information content (AvgIpc) is 2.48. The molecule has 1 saturated carbocycles. The zero-order chi connectivity index (χ0) is 5.98. The second-order valence-electron chi connectivity index (χ2n) is 2.14. The fourth-order valence-corrected chi connectivity index (χ4v) is 1.28. The van der Waals surface area contributed by atoms with Gasteiger partial charge in [0, 0.05) is 6.20 Å². The number of allylic oxidation sites excluding steroid dienone is 1. The minimum atomic E-state index is 0.914. The van der Waals surface area contributed by atoms with E-state index in [9.17, 15) is 0 Å². The molecule has 46 valence electrons. The van der Waals surface area contributed by atoms with Crippen molar-refractivity contribution in [1.82, 2.24) is 3.53 Å². The van der Waals surface area contributed by atoms with Gasteiger partial charge in [-0.05, 0) is 24.3 Å². The lowest BCUT2D eigenvalue weighted by Crippen LogP contribution is -1.78. The van der Waals surface area contributed by atoms with Crippen LogP contribution in [0.15, 0.2) is 11.8 Å². The van der Waals surface area contributed by atoms with Gasteiger partial charge in [0.05, 0.1) is 22.9 Å². The van der Waals surface area contributed by atoms with E-state index >= 15 is 0 Å². The molecular weight excluding hydrogens is 213 g/mol. The molecule has 8 heavy (non-hydrogen) atoms. The molecule has 0 aromatic heterocycles. The van der Waals surface area contributed by atoms with Gasteiger partial charge in [0.25, 0.3) is 0 Å². The van der Waals surface area contributed by atoms with E-state index in [2.05, 4.69) is 39.5 Å². The van der Waals surface area contributed by atoms with Gasteiger partial charge >= 0.3 is 0 Å². The third-order valence-corrected chi connectivity index (χ3v) is 1.89. The third kappa shape index (κ3) is 1.37. The van der Waals surface area contributed by atoms with E-state index in [1.54, 1.807) is 5.57 Å². The summed E-state index contributed by atoms with van der Waals surface area (Å²) < 4.78 is 3.00. The van der Waals surface area contributed by atoms with Crippen LogP contribution in [-0.2, 0) is 0 Å². The fourth-order valence-electron chi connectivity index (χ4n) is 0.879. The van der Waals surface area contributed by atoms with Crippen LogP contribution in [0.3, 0.4) is 0 Å². The van der Waals surface area contributed by atoms with Gasteiger partial charge < -0.3 is 3.53 Å². The Hall–Kier alpha value is 0.270. The molecule has 1 N–H and O–H groups in total. The predicted molar refractivity (Wildman–Crippen MR) is 43.6 cm³/mol. The maximum absolute atomic E-state index is 3.00. The fraction of sp³-hybridized carbons (Fsp3) is 0.667. The summed E-state index contributed by atoms with van der Waals surface area (Å²) in [5.41, 5.74) is 1.59. The molecule has 0 heterocycles. The van der Waals surface area contributed by atoms with Crippen LogP contribution in [0, 0.1) is 5.92 Å². The molecule has 1 atom stereocenters. The molecule has 0 aromatic rings. The Morgan fingerprint density at radius 1 is 2.00 bits per heavy atom. The van der Waals surface area contributed by atoms with Crippen molar-refractivity contribution in [1.29, 1.82) is 0 Å². The lowest BCUT2D eigenvalue weighted by molar-refractivity contribution is 0.825. The molecular formula is C6H10IN. The first-order valence-corrected chi connectivity index (χ1v) is 4.01. The van der Waals surface area contributed by atoms with Gasteiger partial charge in [0.1, 0.15) is 0 Å². The van der Waals surface area contributed by atoms with E-state index in [1.165, 1.54) is 12.8 Å². The molecule has 1 nitrogen and oxygen atoms in total. The van der Waals surface area contributed by atoms with Gasteiger partial charge in [0.2, 0.25) is 0 Å². The molecule has 2 heteroatoms. The van der Waals surface area contributed by atoms with Crippen molar-refractivity contribution < 1.29 is 0 Å². The summed E-state index contributed by atoms with van der Waals surface area (Å²) in [5, 5.41) is 0. The molecule has 1 aliphatic carbocycles. The summed E-state index contributed by atoms with van der Waals surface area (Å²) in [6.07, 6.45) is 4.74. The summed E-state index contributed by atoms with van der Waals surface area (Å²) in [6.45, 7) is 2.23. The summed E-state index contributed by atoms with van der Waals surface area (Å²) >= 11 is 2.14. The van der Waals surface area contributed by atoms with E-state index in [4.69, 9.17) is 0 Å². The molecule has 0 amide bonds. The van der Waals surface area contributed by atoms with Gasteiger partial charge in [-0.1, -0.05) is 6.92 Å². The van der Waals surface area contributed by atoms with E-state index in [0.29, 0.717) is 0 Å². The van der Waals surface area contributed by atoms with E-state index in [-0.39, 0.29) is 0 Å². The van der Waals surface area contributed by atoms with Gasteiger partial charge in [-0.2, -0.15) is 0 Å². The maximum Gasteiger partial charge on any atom is 0.0555 e. The van der Waals surface area contributed by atoms with Crippen molar-refractivity contribution in [2.45, 2.75) is 19.8 Å². The van der Waals surface area contributed by atoms with Crippen LogP contribution in [0.5, 0.6) is 0 Å². The molecule has 1 rings (SSSR count). The Morgan fingerprint density at radius 3 is 3.12 bits per heavy atom. The van der Waals surface area contributed by atoms with Crippen LogP contribution >= 0.6 is 22.9 Å². The first-order valence-electron chi connectivity index (χ1n) is 2.93. The Kier molecular flexibility index (Phi) is 2.16. The molecule has 0 unspecified atom stereocenters. The van der Waals surface area contributed by atoms with Crippen LogP contribution in [0.25, 0.3) is 0 Å². The number of nitrogens with one attached hydrogen (secondary N) is 1. The standard InChI is InChI=1S/C6H10IN/c1-2-5-3-6(5)4-8-7/h4-5,8H,2-3H2,1H3/b6-4-/t5-/m1/s1. The number of hydrogen-bond acceptors (Lipinski definition) is 1. The summed E-state index contributed by atoms with van der Waals surface area (Å²) in [7, 11) is 0. The highest BCUT2D eigenvalue weighted by Crippen LogP contribution is 2.39. The minimum Gasteiger partial charge on any atom is -0.335 e.